The van der Waals surface area contributed by atoms with Crippen LogP contribution in [0.15, 0.2) is 42.6 Å². The van der Waals surface area contributed by atoms with Crippen molar-refractivity contribution >= 4 is 0 Å². The van der Waals surface area contributed by atoms with Gasteiger partial charge in [0.15, 0.2) is 0 Å². The van der Waals surface area contributed by atoms with Gasteiger partial charge in [-0.15, -0.1) is 0 Å². The van der Waals surface area contributed by atoms with Crippen LogP contribution in [0.3, 0.4) is 0 Å². The summed E-state index contributed by atoms with van der Waals surface area (Å²) in [7, 11) is 0. The van der Waals surface area contributed by atoms with Crippen LogP contribution in [0, 0.1) is 0 Å². The average molecular weight is 160 g/mol. The standard InChI is InChI=1S/C10H12N2/c1-2-5-10(6-3-1)9-12-8-4-7-11-12/h1-6,8,11H,7,9H2. The van der Waals surface area contributed by atoms with Gasteiger partial charge in [0.25, 0.3) is 0 Å². The van der Waals surface area contributed by atoms with E-state index < -0.39 is 0 Å². The van der Waals surface area contributed by atoms with E-state index in [0.29, 0.717) is 0 Å². The molecule has 0 saturated heterocycles. The van der Waals surface area contributed by atoms with Crippen LogP contribution in [0.2, 0.25) is 0 Å². The predicted molar refractivity (Wildman–Crippen MR) is 49.1 cm³/mol. The molecule has 0 fully saturated rings. The van der Waals surface area contributed by atoms with Crippen LogP contribution in [0.5, 0.6) is 0 Å². The Morgan fingerprint density at radius 3 is 2.75 bits per heavy atom. The molecule has 1 aromatic carbocycles. The Kier molecular flexibility index (Phi) is 2.10. The molecular formula is C10H12N2. The lowest BCUT2D eigenvalue weighted by Gasteiger charge is -2.15. The Morgan fingerprint density at radius 2 is 2.08 bits per heavy atom. The van der Waals surface area contributed by atoms with E-state index in [0.717, 1.165) is 13.1 Å². The molecule has 1 heterocycles. The monoisotopic (exact) mass is 160 g/mol. The van der Waals surface area contributed by atoms with Gasteiger partial charge in [0.05, 0.1) is 6.54 Å². The zero-order valence-electron chi connectivity index (χ0n) is 6.90. The number of nitrogens with zero attached hydrogens (tertiary/aromatic N) is 1. The second kappa shape index (κ2) is 3.41. The van der Waals surface area contributed by atoms with E-state index in [1.165, 1.54) is 5.56 Å². The summed E-state index contributed by atoms with van der Waals surface area (Å²) in [5.74, 6) is 0. The number of hydrazine groups is 1. The third-order valence-corrected chi connectivity index (χ3v) is 1.89. The Hall–Kier alpha value is -1.28. The fourth-order valence-corrected chi connectivity index (χ4v) is 1.29. The first-order valence-corrected chi connectivity index (χ1v) is 4.16. The van der Waals surface area contributed by atoms with E-state index >= 15 is 0 Å². The van der Waals surface area contributed by atoms with Crippen LogP contribution in [-0.4, -0.2) is 11.6 Å². The molecule has 0 aliphatic carbocycles. The van der Waals surface area contributed by atoms with Crippen molar-refractivity contribution in [2.45, 2.75) is 6.54 Å². The van der Waals surface area contributed by atoms with Gasteiger partial charge >= 0.3 is 0 Å². The van der Waals surface area contributed by atoms with Crippen molar-refractivity contribution in [3.8, 4) is 0 Å². The van der Waals surface area contributed by atoms with Gasteiger partial charge in [-0.3, -0.25) is 0 Å². The molecule has 0 atom stereocenters. The second-order valence-corrected chi connectivity index (χ2v) is 2.86. The molecular weight excluding hydrogens is 148 g/mol. The summed E-state index contributed by atoms with van der Waals surface area (Å²) in [5.41, 5.74) is 4.56. The maximum Gasteiger partial charge on any atom is 0.0588 e. The van der Waals surface area contributed by atoms with Crippen molar-refractivity contribution in [1.82, 2.24) is 10.4 Å². The molecule has 62 valence electrons. The average Bonchev–Trinajstić information content (AvgIpc) is 2.59. The molecule has 1 N–H and O–H groups in total. The van der Waals surface area contributed by atoms with E-state index in [9.17, 15) is 0 Å². The molecule has 1 aliphatic rings. The highest BCUT2D eigenvalue weighted by atomic mass is 15.5. The molecule has 0 spiro atoms. The van der Waals surface area contributed by atoms with E-state index in [4.69, 9.17) is 0 Å². The zero-order chi connectivity index (χ0) is 8.23. The normalized spacial score (nSPS) is 15.5. The maximum absolute atomic E-state index is 3.23. The van der Waals surface area contributed by atoms with Crippen molar-refractivity contribution in [3.05, 3.63) is 48.2 Å². The van der Waals surface area contributed by atoms with Gasteiger partial charge in [0.2, 0.25) is 0 Å². The van der Waals surface area contributed by atoms with Crippen LogP contribution in [0.1, 0.15) is 5.56 Å². The number of rotatable bonds is 2. The molecule has 0 aromatic heterocycles. The summed E-state index contributed by atoms with van der Waals surface area (Å²) >= 11 is 0. The zero-order valence-corrected chi connectivity index (χ0v) is 6.90. The maximum atomic E-state index is 3.23. The fraction of sp³-hybridized carbons (Fsp3) is 0.200. The lowest BCUT2D eigenvalue weighted by atomic mass is 10.2. The Balaban J connectivity index is 1.99. The largest absolute Gasteiger partial charge is 0.311 e. The van der Waals surface area contributed by atoms with Gasteiger partial charge < -0.3 is 5.01 Å². The quantitative estimate of drug-likeness (QED) is 0.705. The molecule has 0 unspecified atom stereocenters. The predicted octanol–water partition coefficient (Wildman–Crippen LogP) is 1.52. The fourth-order valence-electron chi connectivity index (χ4n) is 1.29. The summed E-state index contributed by atoms with van der Waals surface area (Å²) in [6.07, 6.45) is 4.19. The van der Waals surface area contributed by atoms with Crippen molar-refractivity contribution in [2.24, 2.45) is 0 Å². The molecule has 0 radical (unpaired) electrons. The summed E-state index contributed by atoms with van der Waals surface area (Å²) < 4.78 is 0. The summed E-state index contributed by atoms with van der Waals surface area (Å²) in [6, 6.07) is 10.4. The van der Waals surface area contributed by atoms with Gasteiger partial charge in [-0.2, -0.15) is 0 Å². The van der Waals surface area contributed by atoms with Crippen molar-refractivity contribution < 1.29 is 0 Å². The minimum Gasteiger partial charge on any atom is -0.311 e. The summed E-state index contributed by atoms with van der Waals surface area (Å²) in [6.45, 7) is 1.89. The van der Waals surface area contributed by atoms with Crippen LogP contribution in [0.25, 0.3) is 0 Å². The lowest BCUT2D eigenvalue weighted by Crippen LogP contribution is -2.27. The van der Waals surface area contributed by atoms with E-state index in [2.05, 4.69) is 47.0 Å². The lowest BCUT2D eigenvalue weighted by molar-refractivity contribution is 0.298. The van der Waals surface area contributed by atoms with Crippen LogP contribution in [-0.2, 0) is 6.54 Å². The summed E-state index contributed by atoms with van der Waals surface area (Å²) in [4.78, 5) is 0. The van der Waals surface area contributed by atoms with Crippen molar-refractivity contribution in [1.29, 1.82) is 0 Å². The minimum atomic E-state index is 0.942. The molecule has 2 heteroatoms. The Morgan fingerprint density at radius 1 is 1.25 bits per heavy atom. The second-order valence-electron chi connectivity index (χ2n) is 2.86. The Labute approximate surface area is 72.5 Å². The van der Waals surface area contributed by atoms with Crippen LogP contribution >= 0.6 is 0 Å². The number of nitrogens with one attached hydrogen (secondary N) is 1. The molecule has 1 aromatic rings. The molecule has 2 rings (SSSR count). The van der Waals surface area contributed by atoms with Crippen molar-refractivity contribution in [2.75, 3.05) is 6.54 Å². The highest BCUT2D eigenvalue weighted by Crippen LogP contribution is 2.04. The van der Waals surface area contributed by atoms with E-state index in [-0.39, 0.29) is 0 Å². The summed E-state index contributed by atoms with van der Waals surface area (Å²) in [5, 5.41) is 2.09. The third kappa shape index (κ3) is 1.66. The molecule has 2 nitrogen and oxygen atoms in total. The van der Waals surface area contributed by atoms with Gasteiger partial charge in [-0.25, -0.2) is 5.43 Å². The van der Waals surface area contributed by atoms with Gasteiger partial charge in [-0.05, 0) is 5.56 Å². The van der Waals surface area contributed by atoms with Crippen LogP contribution < -0.4 is 5.43 Å². The highest BCUT2D eigenvalue weighted by molar-refractivity contribution is 5.15. The van der Waals surface area contributed by atoms with Gasteiger partial charge in [-0.1, -0.05) is 36.4 Å². The highest BCUT2D eigenvalue weighted by Gasteiger charge is 2.02. The van der Waals surface area contributed by atoms with Crippen molar-refractivity contribution in [3.63, 3.8) is 0 Å². The first-order valence-electron chi connectivity index (χ1n) is 4.16. The molecule has 0 saturated carbocycles. The Bertz CT molecular complexity index is 266. The van der Waals surface area contributed by atoms with Crippen LogP contribution in [0.4, 0.5) is 0 Å². The third-order valence-electron chi connectivity index (χ3n) is 1.89. The minimum absolute atomic E-state index is 0.942. The van der Waals surface area contributed by atoms with Gasteiger partial charge in [0.1, 0.15) is 0 Å². The first-order chi connectivity index (χ1) is 5.95. The SMILES string of the molecule is C1=CN(Cc2ccccc2)NC1. The molecule has 12 heavy (non-hydrogen) atoms. The smallest absolute Gasteiger partial charge is 0.0588 e. The number of hydrogen-bond donors (Lipinski definition) is 1. The number of benzene rings is 1. The first kappa shape index (κ1) is 7.37. The number of hydrogen-bond acceptors (Lipinski definition) is 2. The molecule has 0 bridgehead atoms. The molecule has 1 aliphatic heterocycles. The van der Waals surface area contributed by atoms with E-state index in [1.807, 2.05) is 6.07 Å². The van der Waals surface area contributed by atoms with E-state index in [1.54, 1.807) is 0 Å². The molecule has 0 amide bonds. The topological polar surface area (TPSA) is 15.3 Å². The van der Waals surface area contributed by atoms with Gasteiger partial charge in [0, 0.05) is 12.7 Å².